The predicted octanol–water partition coefficient (Wildman–Crippen LogP) is 5.22. The maximum atomic E-state index is 11.7. The number of oxime groups is 1. The molecule has 0 fully saturated rings. The number of primary amides is 1. The van der Waals surface area contributed by atoms with Crippen molar-refractivity contribution in [2.75, 3.05) is 0 Å². The molecular weight excluding hydrogens is 442 g/mol. The molecule has 0 unspecified atom stereocenters. The van der Waals surface area contributed by atoms with Crippen LogP contribution in [0.2, 0.25) is 0 Å². The minimum Gasteiger partial charge on any atom is -0.487 e. The van der Waals surface area contributed by atoms with Crippen LogP contribution in [0.25, 0.3) is 11.5 Å². The molecule has 178 valence electrons. The summed E-state index contributed by atoms with van der Waals surface area (Å²) < 4.78 is 11.7. The molecule has 3 aromatic carbocycles. The van der Waals surface area contributed by atoms with E-state index in [0.717, 1.165) is 28.1 Å². The van der Waals surface area contributed by atoms with Crippen molar-refractivity contribution in [3.63, 3.8) is 0 Å². The van der Waals surface area contributed by atoms with Crippen molar-refractivity contribution < 1.29 is 18.8 Å². The lowest BCUT2D eigenvalue weighted by molar-refractivity contribution is -0.112. The van der Waals surface area contributed by atoms with Gasteiger partial charge in [-0.05, 0) is 48.7 Å². The molecule has 1 aromatic heterocycles. The standard InChI is InChI=1S/C28H27N3O4/c1-20-26(30-28(35-20)23-10-6-3-7-11-23)19-33-24-15-12-22(13-16-24)18-34-31-25(27(29)32)17-14-21-8-4-2-5-9-21/h2-13,15-16H,14,17-19H2,1H3,(H2,29,32). The number of carbonyl (C=O) groups is 1. The SMILES string of the molecule is Cc1oc(-c2ccccc2)nc1COc1ccc(CON=C(CCc2ccccc2)C(N)=O)cc1. The van der Waals surface area contributed by atoms with Gasteiger partial charge in [0.1, 0.15) is 36.1 Å². The van der Waals surface area contributed by atoms with Crippen molar-refractivity contribution >= 4 is 11.6 Å². The van der Waals surface area contributed by atoms with Crippen molar-refractivity contribution in [1.82, 2.24) is 4.98 Å². The van der Waals surface area contributed by atoms with Gasteiger partial charge in [0.25, 0.3) is 5.91 Å². The quantitative estimate of drug-likeness (QED) is 0.240. The van der Waals surface area contributed by atoms with E-state index in [4.69, 9.17) is 19.7 Å². The van der Waals surface area contributed by atoms with Crippen LogP contribution in [0.15, 0.2) is 94.5 Å². The number of hydrogen-bond donors (Lipinski definition) is 1. The van der Waals surface area contributed by atoms with E-state index in [9.17, 15) is 4.79 Å². The Morgan fingerprint density at radius 3 is 2.29 bits per heavy atom. The lowest BCUT2D eigenvalue weighted by Gasteiger charge is -2.07. The van der Waals surface area contributed by atoms with Crippen LogP contribution in [0.1, 0.15) is 29.0 Å². The fourth-order valence-electron chi connectivity index (χ4n) is 3.41. The van der Waals surface area contributed by atoms with Crippen molar-refractivity contribution in [2.45, 2.75) is 33.0 Å². The molecule has 35 heavy (non-hydrogen) atoms. The molecule has 0 bridgehead atoms. The second-order valence-corrected chi connectivity index (χ2v) is 7.98. The number of benzene rings is 3. The monoisotopic (exact) mass is 469 g/mol. The van der Waals surface area contributed by atoms with E-state index in [1.807, 2.05) is 91.9 Å². The van der Waals surface area contributed by atoms with Gasteiger partial charge in [-0.3, -0.25) is 4.79 Å². The molecule has 0 aliphatic carbocycles. The van der Waals surface area contributed by atoms with E-state index < -0.39 is 5.91 Å². The Balaban J connectivity index is 1.28. The number of amides is 1. The fraction of sp³-hybridized carbons (Fsp3) is 0.179. The molecule has 0 saturated heterocycles. The number of nitrogens with zero attached hydrogens (tertiary/aromatic N) is 2. The van der Waals surface area contributed by atoms with Gasteiger partial charge in [0.2, 0.25) is 5.89 Å². The number of nitrogens with two attached hydrogens (primary N) is 1. The lowest BCUT2D eigenvalue weighted by atomic mass is 10.1. The molecule has 1 heterocycles. The van der Waals surface area contributed by atoms with Gasteiger partial charge in [-0.15, -0.1) is 0 Å². The van der Waals surface area contributed by atoms with E-state index in [2.05, 4.69) is 10.1 Å². The molecule has 2 N–H and O–H groups in total. The molecule has 0 aliphatic heterocycles. The smallest absolute Gasteiger partial charge is 0.266 e. The van der Waals surface area contributed by atoms with Crippen LogP contribution in [-0.4, -0.2) is 16.6 Å². The summed E-state index contributed by atoms with van der Waals surface area (Å²) in [6.07, 6.45) is 1.08. The highest BCUT2D eigenvalue weighted by atomic mass is 16.6. The van der Waals surface area contributed by atoms with Gasteiger partial charge < -0.3 is 19.7 Å². The highest BCUT2D eigenvalue weighted by Gasteiger charge is 2.12. The Bertz CT molecular complexity index is 1270. The predicted molar refractivity (Wildman–Crippen MR) is 134 cm³/mol. The molecule has 0 saturated carbocycles. The van der Waals surface area contributed by atoms with Crippen LogP contribution in [-0.2, 0) is 29.3 Å². The third-order valence-corrected chi connectivity index (χ3v) is 5.40. The van der Waals surface area contributed by atoms with Crippen molar-refractivity contribution in [3.8, 4) is 17.2 Å². The average molecular weight is 470 g/mol. The van der Waals surface area contributed by atoms with Gasteiger partial charge in [0.15, 0.2) is 0 Å². The van der Waals surface area contributed by atoms with Crippen LogP contribution in [0.4, 0.5) is 0 Å². The Morgan fingerprint density at radius 2 is 1.60 bits per heavy atom. The Morgan fingerprint density at radius 1 is 0.914 bits per heavy atom. The molecule has 7 heteroatoms. The lowest BCUT2D eigenvalue weighted by Crippen LogP contribution is -2.24. The van der Waals surface area contributed by atoms with Crippen LogP contribution >= 0.6 is 0 Å². The Kier molecular flexibility index (Phi) is 7.91. The molecule has 0 aliphatic rings. The summed E-state index contributed by atoms with van der Waals surface area (Å²) in [5.41, 5.74) is 9.33. The Labute approximate surface area is 204 Å². The minimum absolute atomic E-state index is 0.214. The number of ether oxygens (including phenoxy) is 1. The number of hydrogen-bond acceptors (Lipinski definition) is 6. The molecule has 4 aromatic rings. The zero-order chi connectivity index (χ0) is 24.5. The molecule has 1 amide bonds. The highest BCUT2D eigenvalue weighted by molar-refractivity contribution is 6.38. The largest absolute Gasteiger partial charge is 0.487 e. The summed E-state index contributed by atoms with van der Waals surface area (Å²) in [4.78, 5) is 21.6. The van der Waals surface area contributed by atoms with Crippen LogP contribution in [0.3, 0.4) is 0 Å². The van der Waals surface area contributed by atoms with Gasteiger partial charge in [-0.1, -0.05) is 65.8 Å². The number of rotatable bonds is 11. The summed E-state index contributed by atoms with van der Waals surface area (Å²) in [6, 6.07) is 27.0. The van der Waals surface area contributed by atoms with Crippen LogP contribution in [0.5, 0.6) is 5.75 Å². The first-order valence-corrected chi connectivity index (χ1v) is 11.3. The number of aromatic nitrogens is 1. The van der Waals surface area contributed by atoms with E-state index in [1.165, 1.54) is 0 Å². The van der Waals surface area contributed by atoms with Crippen LogP contribution in [0, 0.1) is 6.92 Å². The van der Waals surface area contributed by atoms with E-state index in [0.29, 0.717) is 31.1 Å². The summed E-state index contributed by atoms with van der Waals surface area (Å²) in [7, 11) is 0. The third-order valence-electron chi connectivity index (χ3n) is 5.40. The van der Waals surface area contributed by atoms with Gasteiger partial charge in [0, 0.05) is 12.0 Å². The fourth-order valence-corrected chi connectivity index (χ4v) is 3.41. The van der Waals surface area contributed by atoms with Crippen molar-refractivity contribution in [3.05, 3.63) is 108 Å². The molecule has 0 spiro atoms. The third kappa shape index (κ3) is 6.80. The minimum atomic E-state index is -0.580. The van der Waals surface area contributed by atoms with Gasteiger partial charge in [-0.2, -0.15) is 0 Å². The molecule has 0 radical (unpaired) electrons. The first-order chi connectivity index (χ1) is 17.1. The first kappa shape index (κ1) is 23.8. The number of oxazole rings is 1. The van der Waals surface area contributed by atoms with Crippen molar-refractivity contribution in [1.29, 1.82) is 0 Å². The zero-order valence-electron chi connectivity index (χ0n) is 19.5. The van der Waals surface area contributed by atoms with Gasteiger partial charge in [0.05, 0.1) is 0 Å². The second-order valence-electron chi connectivity index (χ2n) is 7.98. The summed E-state index contributed by atoms with van der Waals surface area (Å²) in [6.45, 7) is 2.39. The zero-order valence-corrected chi connectivity index (χ0v) is 19.5. The highest BCUT2D eigenvalue weighted by Crippen LogP contribution is 2.23. The summed E-state index contributed by atoms with van der Waals surface area (Å²) in [5, 5.41) is 3.96. The number of aryl methyl sites for hydroxylation is 2. The normalized spacial score (nSPS) is 11.3. The second kappa shape index (κ2) is 11.7. The molecule has 0 atom stereocenters. The Hall–Kier alpha value is -4.39. The molecular formula is C28H27N3O4. The molecule has 4 rings (SSSR count). The van der Waals surface area contributed by atoms with E-state index in [-0.39, 0.29) is 12.3 Å². The maximum absolute atomic E-state index is 11.7. The summed E-state index contributed by atoms with van der Waals surface area (Å²) in [5.74, 6) is 1.42. The van der Waals surface area contributed by atoms with Gasteiger partial charge in [-0.25, -0.2) is 4.98 Å². The van der Waals surface area contributed by atoms with E-state index >= 15 is 0 Å². The van der Waals surface area contributed by atoms with E-state index in [1.54, 1.807) is 0 Å². The number of carbonyl (C=O) groups excluding carboxylic acids is 1. The van der Waals surface area contributed by atoms with Gasteiger partial charge >= 0.3 is 0 Å². The topological polar surface area (TPSA) is 99.9 Å². The van der Waals surface area contributed by atoms with Crippen molar-refractivity contribution in [2.24, 2.45) is 10.9 Å². The summed E-state index contributed by atoms with van der Waals surface area (Å²) >= 11 is 0. The maximum Gasteiger partial charge on any atom is 0.266 e. The molecule has 7 nitrogen and oxygen atoms in total. The van der Waals surface area contributed by atoms with Crippen LogP contribution < -0.4 is 10.5 Å². The average Bonchev–Trinajstić information content (AvgIpc) is 3.27. The first-order valence-electron chi connectivity index (χ1n) is 11.3.